The van der Waals surface area contributed by atoms with Crippen LogP contribution >= 0.6 is 0 Å². The van der Waals surface area contributed by atoms with Gasteiger partial charge in [-0.3, -0.25) is 9.69 Å². The predicted molar refractivity (Wildman–Crippen MR) is 184 cm³/mol. The van der Waals surface area contributed by atoms with Crippen LogP contribution in [0.15, 0.2) is 60.8 Å². The van der Waals surface area contributed by atoms with E-state index in [0.29, 0.717) is 25.5 Å². The molecule has 1 saturated heterocycles. The number of aliphatic hydroxyl groups excluding tert-OH is 1. The molecule has 3 aromatic rings. The molecule has 1 aliphatic carbocycles. The molecule has 258 valence electrons. The summed E-state index contributed by atoms with van der Waals surface area (Å²) in [6, 6.07) is 16.2. The summed E-state index contributed by atoms with van der Waals surface area (Å²) in [5, 5.41) is 18.4. The molecule has 1 saturated carbocycles. The smallest absolute Gasteiger partial charge is 0.250 e. The van der Waals surface area contributed by atoms with Crippen molar-refractivity contribution in [3.63, 3.8) is 0 Å². The second kappa shape index (κ2) is 14.6. The molecule has 8 nitrogen and oxygen atoms in total. The standard InChI is InChI=1S/C39H51FN4O4/c1-26-6-8-28(9-7-26)24-44-16-17-47-35(25-44)36(46)43-32(19-27-10-12-30(40)13-11-27)34(45)23-41-33-21-39(14-5-15-39)48-37-31(33)18-29(22-42-37)20-38(2,3)4/h6-13,18,22,32-35,41,45H,5,14-17,19-21,23-25H2,1-4H3,(H,43,46)/t32-,33-,34-,35+/m0/s1. The minimum absolute atomic E-state index is 0.0460. The third-order valence-corrected chi connectivity index (χ3v) is 9.90. The number of aryl methyl sites for hydroxylation is 1. The second-order valence-electron chi connectivity index (χ2n) is 15.4. The lowest BCUT2D eigenvalue weighted by Gasteiger charge is -2.47. The average molecular weight is 659 g/mol. The molecule has 0 bridgehead atoms. The van der Waals surface area contributed by atoms with Crippen LogP contribution in [0, 0.1) is 18.2 Å². The third-order valence-electron chi connectivity index (χ3n) is 9.90. The maximum atomic E-state index is 13.7. The number of nitrogens with zero attached hydrogens (tertiary/aromatic N) is 2. The molecule has 6 rings (SSSR count). The Bertz CT molecular complexity index is 1540. The minimum Gasteiger partial charge on any atom is -0.471 e. The first-order valence-corrected chi connectivity index (χ1v) is 17.5. The van der Waals surface area contributed by atoms with Crippen LogP contribution < -0.4 is 15.4 Å². The number of pyridine rings is 1. The Morgan fingerprint density at radius 2 is 1.83 bits per heavy atom. The SMILES string of the molecule is Cc1ccc(CN2CCO[C@@H](C(=O)N[C@@H](Cc3ccc(F)cc3)[C@@H](O)CN[C@H]3CC4(CCC4)Oc4ncc(CC(C)(C)C)cc43)C2)cc1. The quantitative estimate of drug-likeness (QED) is 0.253. The fraction of sp³-hybridized carbons (Fsp3) is 0.538. The average Bonchev–Trinajstić information content (AvgIpc) is 3.04. The normalized spacial score (nSPS) is 21.9. The van der Waals surface area contributed by atoms with Gasteiger partial charge < -0.3 is 25.2 Å². The van der Waals surface area contributed by atoms with Crippen molar-refractivity contribution < 1.29 is 23.8 Å². The molecule has 0 unspecified atom stereocenters. The molecule has 2 aromatic carbocycles. The summed E-state index contributed by atoms with van der Waals surface area (Å²) in [5.74, 6) is 0.0930. The van der Waals surface area contributed by atoms with E-state index in [-0.39, 0.29) is 35.3 Å². The van der Waals surface area contributed by atoms with Gasteiger partial charge in [0.25, 0.3) is 5.91 Å². The van der Waals surface area contributed by atoms with Gasteiger partial charge in [0.15, 0.2) is 0 Å². The van der Waals surface area contributed by atoms with Gasteiger partial charge in [0.05, 0.1) is 18.8 Å². The van der Waals surface area contributed by atoms with Crippen molar-refractivity contribution in [2.24, 2.45) is 5.41 Å². The zero-order valence-electron chi connectivity index (χ0n) is 28.8. The maximum absolute atomic E-state index is 13.7. The molecular weight excluding hydrogens is 607 g/mol. The molecule has 1 spiro atoms. The largest absolute Gasteiger partial charge is 0.471 e. The summed E-state index contributed by atoms with van der Waals surface area (Å²) in [6.07, 6.45) is 5.50. The van der Waals surface area contributed by atoms with Crippen LogP contribution in [0.5, 0.6) is 5.88 Å². The van der Waals surface area contributed by atoms with Gasteiger partial charge in [0.2, 0.25) is 5.88 Å². The van der Waals surface area contributed by atoms with E-state index >= 15 is 0 Å². The summed E-state index contributed by atoms with van der Waals surface area (Å²) in [5.41, 5.74) is 5.30. The number of carbonyl (C=O) groups excluding carboxylic acids is 1. The van der Waals surface area contributed by atoms with E-state index in [0.717, 1.165) is 61.9 Å². The molecular formula is C39H51FN4O4. The molecule has 1 aromatic heterocycles. The van der Waals surface area contributed by atoms with Gasteiger partial charge >= 0.3 is 0 Å². The van der Waals surface area contributed by atoms with Crippen molar-refractivity contribution in [3.05, 3.63) is 94.4 Å². The monoisotopic (exact) mass is 658 g/mol. The van der Waals surface area contributed by atoms with Crippen molar-refractivity contribution in [2.75, 3.05) is 26.2 Å². The number of hydrogen-bond acceptors (Lipinski definition) is 7. The lowest BCUT2D eigenvalue weighted by Crippen LogP contribution is -2.56. The fourth-order valence-corrected chi connectivity index (χ4v) is 7.14. The molecule has 3 heterocycles. The highest BCUT2D eigenvalue weighted by atomic mass is 19.1. The topological polar surface area (TPSA) is 96.0 Å². The van der Waals surface area contributed by atoms with E-state index in [9.17, 15) is 14.3 Å². The number of aromatic nitrogens is 1. The molecule has 48 heavy (non-hydrogen) atoms. The number of rotatable bonds is 11. The molecule has 2 fully saturated rings. The highest BCUT2D eigenvalue weighted by Crippen LogP contribution is 2.48. The van der Waals surface area contributed by atoms with Crippen molar-refractivity contribution in [2.45, 2.75) is 103 Å². The first-order valence-electron chi connectivity index (χ1n) is 17.5. The number of amides is 1. The summed E-state index contributed by atoms with van der Waals surface area (Å²) >= 11 is 0. The number of halogens is 1. The second-order valence-corrected chi connectivity index (χ2v) is 15.4. The van der Waals surface area contributed by atoms with E-state index in [4.69, 9.17) is 14.5 Å². The van der Waals surface area contributed by atoms with Gasteiger partial charge in [-0.2, -0.15) is 0 Å². The minimum atomic E-state index is -0.916. The Morgan fingerprint density at radius 3 is 2.52 bits per heavy atom. The fourth-order valence-electron chi connectivity index (χ4n) is 7.14. The predicted octanol–water partition coefficient (Wildman–Crippen LogP) is 5.44. The Hall–Kier alpha value is -3.37. The van der Waals surface area contributed by atoms with Crippen LogP contribution in [-0.4, -0.2) is 71.0 Å². The van der Waals surface area contributed by atoms with E-state index in [1.54, 1.807) is 12.1 Å². The highest BCUT2D eigenvalue weighted by molar-refractivity contribution is 5.81. The lowest BCUT2D eigenvalue weighted by atomic mass is 9.73. The number of carbonyl (C=O) groups is 1. The number of nitrogens with one attached hydrogen (secondary N) is 2. The van der Waals surface area contributed by atoms with Crippen molar-refractivity contribution in [1.82, 2.24) is 20.5 Å². The zero-order chi connectivity index (χ0) is 33.9. The van der Waals surface area contributed by atoms with Crippen LogP contribution in [0.25, 0.3) is 0 Å². The summed E-state index contributed by atoms with van der Waals surface area (Å²) in [4.78, 5) is 20.7. The van der Waals surface area contributed by atoms with Crippen molar-refractivity contribution in [3.8, 4) is 5.88 Å². The van der Waals surface area contributed by atoms with Gasteiger partial charge in [-0.15, -0.1) is 0 Å². The number of fused-ring (bicyclic) bond motifs is 1. The van der Waals surface area contributed by atoms with Crippen LogP contribution in [0.4, 0.5) is 4.39 Å². The van der Waals surface area contributed by atoms with Gasteiger partial charge in [-0.25, -0.2) is 9.37 Å². The number of aliphatic hydroxyl groups is 1. The number of morpholine rings is 1. The van der Waals surface area contributed by atoms with Crippen molar-refractivity contribution >= 4 is 5.91 Å². The lowest BCUT2D eigenvalue weighted by molar-refractivity contribution is -0.140. The van der Waals surface area contributed by atoms with Crippen LogP contribution in [0.3, 0.4) is 0 Å². The Labute approximate surface area is 284 Å². The number of hydrogen-bond donors (Lipinski definition) is 3. The maximum Gasteiger partial charge on any atom is 0.250 e. The summed E-state index contributed by atoms with van der Waals surface area (Å²) in [7, 11) is 0. The molecule has 4 atom stereocenters. The molecule has 0 radical (unpaired) electrons. The number of ether oxygens (including phenoxy) is 2. The summed E-state index contributed by atoms with van der Waals surface area (Å²) in [6.45, 7) is 11.4. The molecule has 9 heteroatoms. The van der Waals surface area contributed by atoms with E-state index in [1.165, 1.54) is 23.3 Å². The number of benzene rings is 2. The molecule has 2 aliphatic heterocycles. The zero-order valence-corrected chi connectivity index (χ0v) is 28.8. The van der Waals surface area contributed by atoms with Crippen LogP contribution in [0.2, 0.25) is 0 Å². The highest BCUT2D eigenvalue weighted by Gasteiger charge is 2.46. The van der Waals surface area contributed by atoms with Gasteiger partial charge in [0.1, 0.15) is 17.5 Å². The van der Waals surface area contributed by atoms with E-state index < -0.39 is 18.2 Å². The third kappa shape index (κ3) is 8.80. The van der Waals surface area contributed by atoms with Gasteiger partial charge in [0, 0.05) is 50.4 Å². The van der Waals surface area contributed by atoms with E-state index in [1.807, 2.05) is 6.20 Å². The Morgan fingerprint density at radius 1 is 1.10 bits per heavy atom. The molecule has 3 aliphatic rings. The first-order chi connectivity index (χ1) is 22.9. The van der Waals surface area contributed by atoms with Crippen LogP contribution in [-0.2, 0) is 28.9 Å². The van der Waals surface area contributed by atoms with Crippen LogP contribution in [0.1, 0.15) is 80.3 Å². The first kappa shape index (κ1) is 34.5. The molecule has 3 N–H and O–H groups in total. The van der Waals surface area contributed by atoms with Gasteiger partial charge in [-0.05, 0) is 79.3 Å². The Kier molecular flexibility index (Phi) is 10.5. The molecule has 1 amide bonds. The van der Waals surface area contributed by atoms with Crippen molar-refractivity contribution in [1.29, 1.82) is 0 Å². The Balaban J connectivity index is 1.15. The van der Waals surface area contributed by atoms with E-state index in [2.05, 4.69) is 73.6 Å². The summed E-state index contributed by atoms with van der Waals surface area (Å²) < 4.78 is 26.1. The van der Waals surface area contributed by atoms with Gasteiger partial charge in [-0.1, -0.05) is 62.7 Å².